The number of halogens is 2. The summed E-state index contributed by atoms with van der Waals surface area (Å²) >= 11 is 0. The van der Waals surface area contributed by atoms with Crippen LogP contribution in [0.2, 0.25) is 0 Å². The second-order valence-corrected chi connectivity index (χ2v) is 7.38. The van der Waals surface area contributed by atoms with E-state index in [1.807, 2.05) is 6.92 Å². The van der Waals surface area contributed by atoms with Gasteiger partial charge in [0.05, 0.1) is 6.10 Å². The Hall–Kier alpha value is -2.96. The minimum absolute atomic E-state index is 0.0148. The molecule has 0 heterocycles. The van der Waals surface area contributed by atoms with E-state index >= 15 is 0 Å². The summed E-state index contributed by atoms with van der Waals surface area (Å²) in [4.78, 5) is 23.7. The van der Waals surface area contributed by atoms with Crippen LogP contribution >= 0.6 is 0 Å². The normalized spacial score (nSPS) is 18.8. The number of anilines is 1. The number of carbonyl (C=O) groups excluding carboxylic acids is 2. The highest BCUT2D eigenvalue weighted by atomic mass is 19.1. The number of rotatable bonds is 5. The third-order valence-corrected chi connectivity index (χ3v) is 4.94. The van der Waals surface area contributed by atoms with Gasteiger partial charge < -0.3 is 15.4 Å². The number of aryl methyl sites for hydroxylation is 1. The second-order valence-electron chi connectivity index (χ2n) is 7.38. The number of hydrogen-bond acceptors (Lipinski definition) is 3. The van der Waals surface area contributed by atoms with Crippen LogP contribution in [-0.4, -0.2) is 24.0 Å². The quantitative estimate of drug-likeness (QED) is 0.781. The molecule has 0 spiro atoms. The maximum absolute atomic E-state index is 13.3. The lowest BCUT2D eigenvalue weighted by Crippen LogP contribution is -2.40. The molecule has 7 heteroatoms. The molecule has 154 valence electrons. The summed E-state index contributed by atoms with van der Waals surface area (Å²) in [6.07, 6.45) is 2.67. The number of nitrogens with one attached hydrogen (secondary N) is 2. The maximum Gasteiger partial charge on any atom is 0.251 e. The van der Waals surface area contributed by atoms with E-state index in [1.165, 1.54) is 19.1 Å². The molecular formula is C22H24F2N2O3. The average molecular weight is 402 g/mol. The molecule has 0 aliphatic heterocycles. The van der Waals surface area contributed by atoms with Gasteiger partial charge >= 0.3 is 0 Å². The Balaban J connectivity index is 1.52. The lowest BCUT2D eigenvalue weighted by molar-refractivity contribution is -0.114. The summed E-state index contributed by atoms with van der Waals surface area (Å²) in [6, 6.07) is 8.33. The Morgan fingerprint density at radius 3 is 2.24 bits per heavy atom. The molecule has 0 radical (unpaired) electrons. The molecule has 29 heavy (non-hydrogen) atoms. The van der Waals surface area contributed by atoms with Crippen LogP contribution in [0.15, 0.2) is 36.4 Å². The van der Waals surface area contributed by atoms with Gasteiger partial charge in [-0.05, 0) is 56.4 Å². The first-order valence-corrected chi connectivity index (χ1v) is 9.62. The van der Waals surface area contributed by atoms with Crippen molar-refractivity contribution in [3.05, 3.63) is 59.2 Å². The van der Waals surface area contributed by atoms with Gasteiger partial charge in [0, 0.05) is 42.4 Å². The fourth-order valence-electron chi connectivity index (χ4n) is 3.58. The third kappa shape index (κ3) is 5.76. The van der Waals surface area contributed by atoms with Gasteiger partial charge in [-0.3, -0.25) is 9.59 Å². The van der Waals surface area contributed by atoms with E-state index in [9.17, 15) is 18.4 Å². The lowest BCUT2D eigenvalue weighted by Gasteiger charge is -2.29. The van der Waals surface area contributed by atoms with Gasteiger partial charge in [-0.1, -0.05) is 0 Å². The molecule has 3 rings (SSSR count). The van der Waals surface area contributed by atoms with Crippen LogP contribution in [0, 0.1) is 18.6 Å². The van der Waals surface area contributed by atoms with Crippen LogP contribution in [-0.2, 0) is 4.79 Å². The van der Waals surface area contributed by atoms with Gasteiger partial charge in [0.25, 0.3) is 5.91 Å². The van der Waals surface area contributed by atoms with Gasteiger partial charge in [-0.15, -0.1) is 0 Å². The Morgan fingerprint density at radius 2 is 1.66 bits per heavy atom. The summed E-state index contributed by atoms with van der Waals surface area (Å²) in [6.45, 7) is 3.25. The third-order valence-electron chi connectivity index (χ3n) is 4.94. The Kier molecular flexibility index (Phi) is 6.46. The zero-order valence-corrected chi connectivity index (χ0v) is 16.4. The first kappa shape index (κ1) is 20.8. The van der Waals surface area contributed by atoms with E-state index in [4.69, 9.17) is 4.74 Å². The van der Waals surface area contributed by atoms with Gasteiger partial charge in [0.15, 0.2) is 0 Å². The molecule has 2 aromatic carbocycles. The SMILES string of the molecule is CC(=O)Nc1ccc(C(=O)NC2CCC(Oc3cc(F)cc(F)c3)CC2)c(C)c1. The lowest BCUT2D eigenvalue weighted by atomic mass is 9.92. The summed E-state index contributed by atoms with van der Waals surface area (Å²) in [5.74, 6) is -1.47. The topological polar surface area (TPSA) is 67.4 Å². The Labute approximate surface area is 168 Å². The largest absolute Gasteiger partial charge is 0.490 e. The van der Waals surface area contributed by atoms with Gasteiger partial charge in [0.2, 0.25) is 5.91 Å². The van der Waals surface area contributed by atoms with Gasteiger partial charge in [0.1, 0.15) is 17.4 Å². The van der Waals surface area contributed by atoms with E-state index in [1.54, 1.807) is 18.2 Å². The molecule has 2 N–H and O–H groups in total. The fraction of sp³-hybridized carbons (Fsp3) is 0.364. The van der Waals surface area contributed by atoms with Crippen molar-refractivity contribution in [1.82, 2.24) is 5.32 Å². The molecular weight excluding hydrogens is 378 g/mol. The van der Waals surface area contributed by atoms with Crippen molar-refractivity contribution < 1.29 is 23.1 Å². The first-order valence-electron chi connectivity index (χ1n) is 9.62. The van der Waals surface area contributed by atoms with E-state index in [0.717, 1.165) is 24.5 Å². The van der Waals surface area contributed by atoms with Gasteiger partial charge in [-0.25, -0.2) is 8.78 Å². The van der Waals surface area contributed by atoms with Crippen molar-refractivity contribution in [1.29, 1.82) is 0 Å². The molecule has 1 aliphatic carbocycles. The number of hydrogen-bond donors (Lipinski definition) is 2. The molecule has 2 amide bonds. The molecule has 0 atom stereocenters. The molecule has 0 unspecified atom stereocenters. The highest BCUT2D eigenvalue weighted by Gasteiger charge is 2.24. The molecule has 1 aliphatic rings. The molecule has 0 saturated heterocycles. The summed E-state index contributed by atoms with van der Waals surface area (Å²) in [7, 11) is 0. The van der Waals surface area contributed by atoms with Crippen LogP contribution in [0.3, 0.4) is 0 Å². The minimum atomic E-state index is -0.666. The van der Waals surface area contributed by atoms with Crippen molar-refractivity contribution in [2.75, 3.05) is 5.32 Å². The highest BCUT2D eigenvalue weighted by Crippen LogP contribution is 2.25. The summed E-state index contributed by atoms with van der Waals surface area (Å²) < 4.78 is 32.3. The van der Waals surface area contributed by atoms with E-state index < -0.39 is 11.6 Å². The zero-order valence-electron chi connectivity index (χ0n) is 16.4. The Bertz CT molecular complexity index is 889. The number of amides is 2. The van der Waals surface area contributed by atoms with E-state index in [-0.39, 0.29) is 29.7 Å². The average Bonchev–Trinajstić information content (AvgIpc) is 2.62. The molecule has 2 aromatic rings. The minimum Gasteiger partial charge on any atom is -0.490 e. The van der Waals surface area contributed by atoms with Crippen molar-refractivity contribution >= 4 is 17.5 Å². The predicted molar refractivity (Wildman–Crippen MR) is 106 cm³/mol. The van der Waals surface area contributed by atoms with Crippen LogP contribution in [0.25, 0.3) is 0 Å². The Morgan fingerprint density at radius 1 is 1.00 bits per heavy atom. The molecule has 0 bridgehead atoms. The van der Waals surface area contributed by atoms with E-state index in [2.05, 4.69) is 10.6 Å². The van der Waals surface area contributed by atoms with Crippen LogP contribution in [0.5, 0.6) is 5.75 Å². The first-order chi connectivity index (χ1) is 13.8. The molecule has 0 aromatic heterocycles. The second kappa shape index (κ2) is 9.03. The number of ether oxygens (including phenoxy) is 1. The predicted octanol–water partition coefficient (Wildman–Crippen LogP) is 4.35. The number of carbonyl (C=O) groups is 2. The van der Waals surface area contributed by atoms with Crippen molar-refractivity contribution in [3.8, 4) is 5.75 Å². The zero-order chi connectivity index (χ0) is 21.0. The molecule has 5 nitrogen and oxygen atoms in total. The maximum atomic E-state index is 13.3. The smallest absolute Gasteiger partial charge is 0.251 e. The molecule has 1 fully saturated rings. The van der Waals surface area contributed by atoms with Crippen LogP contribution in [0.4, 0.5) is 14.5 Å². The van der Waals surface area contributed by atoms with Crippen molar-refractivity contribution in [3.63, 3.8) is 0 Å². The van der Waals surface area contributed by atoms with Crippen LogP contribution in [0.1, 0.15) is 48.5 Å². The highest BCUT2D eigenvalue weighted by molar-refractivity contribution is 5.97. The molecule has 1 saturated carbocycles. The van der Waals surface area contributed by atoms with Crippen molar-refractivity contribution in [2.45, 2.75) is 51.7 Å². The summed E-state index contributed by atoms with van der Waals surface area (Å²) in [5.41, 5.74) is 1.99. The standard InChI is InChI=1S/C22H24F2N2O3/c1-13-9-18(25-14(2)27)5-8-21(13)22(28)26-17-3-6-19(7-4-17)29-20-11-15(23)10-16(24)12-20/h5,8-12,17,19H,3-4,6-7H2,1-2H3,(H,25,27)(H,26,28). The van der Waals surface area contributed by atoms with Gasteiger partial charge in [-0.2, -0.15) is 0 Å². The monoisotopic (exact) mass is 402 g/mol. The fourth-order valence-corrected chi connectivity index (χ4v) is 3.58. The summed E-state index contributed by atoms with van der Waals surface area (Å²) in [5, 5.41) is 5.73. The van der Waals surface area contributed by atoms with E-state index in [0.29, 0.717) is 24.1 Å². The van der Waals surface area contributed by atoms with Crippen LogP contribution < -0.4 is 15.4 Å². The van der Waals surface area contributed by atoms with Crippen molar-refractivity contribution in [2.24, 2.45) is 0 Å². The number of benzene rings is 2.